The summed E-state index contributed by atoms with van der Waals surface area (Å²) in [6.07, 6.45) is 2.60. The van der Waals surface area contributed by atoms with Crippen LogP contribution in [0.4, 0.5) is 4.39 Å². The first-order valence-corrected chi connectivity index (χ1v) is 7.61. The lowest BCUT2D eigenvalue weighted by molar-refractivity contribution is 0.550. The van der Waals surface area contributed by atoms with E-state index in [1.165, 1.54) is 23.0 Å². The Morgan fingerprint density at radius 2 is 2.25 bits per heavy atom. The summed E-state index contributed by atoms with van der Waals surface area (Å²) in [5, 5.41) is 7.10. The number of hydrogen-bond donors (Lipinski definition) is 1. The molecule has 0 amide bonds. The van der Waals surface area contributed by atoms with Crippen LogP contribution < -0.4 is 4.72 Å². The Hall–Kier alpha value is -1.80. The quantitative estimate of drug-likeness (QED) is 0.913. The van der Waals surface area contributed by atoms with E-state index < -0.39 is 10.0 Å². The van der Waals surface area contributed by atoms with Gasteiger partial charge in [0.2, 0.25) is 5.03 Å². The molecule has 0 radical (unpaired) electrons. The van der Waals surface area contributed by atoms with Gasteiger partial charge in [-0.1, -0.05) is 11.3 Å². The van der Waals surface area contributed by atoms with Gasteiger partial charge in [-0.2, -0.15) is 0 Å². The van der Waals surface area contributed by atoms with Crippen LogP contribution in [0.25, 0.3) is 0 Å². The molecule has 1 N–H and O–H groups in total. The van der Waals surface area contributed by atoms with Crippen molar-refractivity contribution < 1.29 is 12.8 Å². The van der Waals surface area contributed by atoms with Gasteiger partial charge < -0.3 is 0 Å². The lowest BCUT2D eigenvalue weighted by Crippen LogP contribution is -2.27. The van der Waals surface area contributed by atoms with Gasteiger partial charge in [-0.15, -0.1) is 5.10 Å². The van der Waals surface area contributed by atoms with E-state index in [1.807, 2.05) is 0 Å². The van der Waals surface area contributed by atoms with E-state index in [4.69, 9.17) is 0 Å². The van der Waals surface area contributed by atoms with E-state index in [2.05, 4.69) is 15.0 Å². The van der Waals surface area contributed by atoms with Crippen molar-refractivity contribution in [2.45, 2.75) is 23.9 Å². The smallest absolute Gasteiger partial charge is 0.254 e. The van der Waals surface area contributed by atoms with E-state index in [0.29, 0.717) is 12.8 Å². The van der Waals surface area contributed by atoms with Gasteiger partial charge in [-0.05, 0) is 36.1 Å². The Balaban J connectivity index is 1.87. The first-order chi connectivity index (χ1) is 9.45. The maximum atomic E-state index is 13.1. The molecule has 0 aliphatic heterocycles. The average molecular weight is 296 g/mol. The van der Waals surface area contributed by atoms with Crippen LogP contribution in [-0.2, 0) is 23.5 Å². The van der Waals surface area contributed by atoms with Gasteiger partial charge in [0, 0.05) is 13.1 Å². The number of halogens is 1. The van der Waals surface area contributed by atoms with E-state index in [9.17, 15) is 12.8 Å². The number of rotatable bonds is 3. The minimum atomic E-state index is -3.71. The molecule has 1 unspecified atom stereocenters. The van der Waals surface area contributed by atoms with E-state index >= 15 is 0 Å². The highest BCUT2D eigenvalue weighted by molar-refractivity contribution is 7.89. The Morgan fingerprint density at radius 1 is 1.45 bits per heavy atom. The minimum Gasteiger partial charge on any atom is -0.254 e. The summed E-state index contributed by atoms with van der Waals surface area (Å²) < 4.78 is 41.4. The van der Waals surface area contributed by atoms with Gasteiger partial charge in [-0.25, -0.2) is 17.5 Å². The molecular formula is C12H13FN4O2S. The SMILES string of the molecule is Cn1cc(S(=O)(=O)NC2CCc3cc(F)ccc32)nn1. The zero-order chi connectivity index (χ0) is 14.3. The fraction of sp³-hybridized carbons (Fsp3) is 0.333. The molecule has 20 heavy (non-hydrogen) atoms. The third-order valence-corrected chi connectivity index (χ3v) is 4.67. The molecule has 1 aromatic carbocycles. The molecule has 1 atom stereocenters. The van der Waals surface area contributed by atoms with Crippen LogP contribution in [0.15, 0.2) is 29.4 Å². The number of hydrogen-bond acceptors (Lipinski definition) is 4. The van der Waals surface area contributed by atoms with Crippen molar-refractivity contribution in [1.82, 2.24) is 19.7 Å². The summed E-state index contributed by atoms with van der Waals surface area (Å²) >= 11 is 0. The zero-order valence-corrected chi connectivity index (χ0v) is 11.6. The van der Waals surface area contributed by atoms with Crippen LogP contribution in [-0.4, -0.2) is 23.4 Å². The number of aromatic nitrogens is 3. The highest BCUT2D eigenvalue weighted by Crippen LogP contribution is 2.32. The molecule has 1 aliphatic rings. The van der Waals surface area contributed by atoms with Crippen molar-refractivity contribution in [2.75, 3.05) is 0 Å². The van der Waals surface area contributed by atoms with Crippen molar-refractivity contribution in [3.05, 3.63) is 41.3 Å². The molecule has 3 rings (SSSR count). The number of sulfonamides is 1. The van der Waals surface area contributed by atoms with Crippen LogP contribution in [0, 0.1) is 5.82 Å². The van der Waals surface area contributed by atoms with Gasteiger partial charge in [0.1, 0.15) is 5.82 Å². The highest BCUT2D eigenvalue weighted by Gasteiger charge is 2.29. The molecule has 0 fully saturated rings. The normalized spacial score (nSPS) is 18.2. The molecule has 0 saturated carbocycles. The Bertz CT molecular complexity index is 757. The number of nitrogens with zero attached hydrogens (tertiary/aromatic N) is 3. The van der Waals surface area contributed by atoms with Crippen molar-refractivity contribution >= 4 is 10.0 Å². The second-order valence-corrected chi connectivity index (χ2v) is 6.45. The predicted molar refractivity (Wildman–Crippen MR) is 68.8 cm³/mol. The zero-order valence-electron chi connectivity index (χ0n) is 10.7. The summed E-state index contributed by atoms with van der Waals surface area (Å²) in [6.45, 7) is 0. The molecule has 8 heteroatoms. The van der Waals surface area contributed by atoms with Gasteiger partial charge in [0.15, 0.2) is 0 Å². The fourth-order valence-corrected chi connectivity index (χ4v) is 3.58. The molecule has 106 valence electrons. The fourth-order valence-electron chi connectivity index (χ4n) is 2.41. The molecule has 1 heterocycles. The number of aryl methyl sites for hydroxylation is 2. The summed E-state index contributed by atoms with van der Waals surface area (Å²) in [5.41, 5.74) is 1.66. The van der Waals surface area contributed by atoms with Crippen molar-refractivity contribution in [1.29, 1.82) is 0 Å². The second kappa shape index (κ2) is 4.64. The summed E-state index contributed by atoms with van der Waals surface area (Å²) in [6, 6.07) is 4.07. The van der Waals surface area contributed by atoms with Crippen molar-refractivity contribution in [3.63, 3.8) is 0 Å². The molecule has 6 nitrogen and oxygen atoms in total. The third-order valence-electron chi connectivity index (χ3n) is 3.34. The highest BCUT2D eigenvalue weighted by atomic mass is 32.2. The molecule has 1 aromatic heterocycles. The number of fused-ring (bicyclic) bond motifs is 1. The summed E-state index contributed by atoms with van der Waals surface area (Å²) in [5.74, 6) is -0.304. The maximum Gasteiger partial charge on any atom is 0.262 e. The third kappa shape index (κ3) is 2.32. The van der Waals surface area contributed by atoms with Crippen molar-refractivity contribution in [3.8, 4) is 0 Å². The largest absolute Gasteiger partial charge is 0.262 e. The Kier molecular flexibility index (Phi) is 3.06. The van der Waals surface area contributed by atoms with Gasteiger partial charge in [-0.3, -0.25) is 4.68 Å². The standard InChI is InChI=1S/C12H13FN4O2S/c1-17-7-12(14-16-17)20(18,19)15-11-5-2-8-6-9(13)3-4-10(8)11/h3-4,6-7,11,15H,2,5H2,1H3. The lowest BCUT2D eigenvalue weighted by atomic mass is 10.1. The number of benzene rings is 1. The Morgan fingerprint density at radius 3 is 2.95 bits per heavy atom. The van der Waals surface area contributed by atoms with Gasteiger partial charge >= 0.3 is 0 Å². The summed E-state index contributed by atoms with van der Waals surface area (Å²) in [7, 11) is -2.12. The lowest BCUT2D eigenvalue weighted by Gasteiger charge is -2.12. The second-order valence-electron chi connectivity index (χ2n) is 4.79. The summed E-state index contributed by atoms with van der Waals surface area (Å²) in [4.78, 5) is 0. The first-order valence-electron chi connectivity index (χ1n) is 6.13. The van der Waals surface area contributed by atoms with Crippen LogP contribution in [0.3, 0.4) is 0 Å². The van der Waals surface area contributed by atoms with Crippen LogP contribution >= 0.6 is 0 Å². The predicted octanol–water partition coefficient (Wildman–Crippen LogP) is 0.920. The molecule has 2 aromatic rings. The number of nitrogens with one attached hydrogen (secondary N) is 1. The van der Waals surface area contributed by atoms with Gasteiger partial charge in [0.25, 0.3) is 10.0 Å². The van der Waals surface area contributed by atoms with Crippen LogP contribution in [0.5, 0.6) is 0 Å². The van der Waals surface area contributed by atoms with Crippen molar-refractivity contribution in [2.24, 2.45) is 7.05 Å². The first kappa shape index (κ1) is 13.2. The van der Waals surface area contributed by atoms with Crippen LogP contribution in [0.2, 0.25) is 0 Å². The maximum absolute atomic E-state index is 13.1. The Labute approximate surface area is 115 Å². The molecule has 0 bridgehead atoms. The van der Waals surface area contributed by atoms with E-state index in [-0.39, 0.29) is 16.9 Å². The van der Waals surface area contributed by atoms with Gasteiger partial charge in [0.05, 0.1) is 6.20 Å². The molecule has 0 saturated heterocycles. The van der Waals surface area contributed by atoms with E-state index in [1.54, 1.807) is 13.1 Å². The monoisotopic (exact) mass is 296 g/mol. The topological polar surface area (TPSA) is 76.9 Å². The molecule has 0 spiro atoms. The average Bonchev–Trinajstić information content (AvgIpc) is 2.96. The van der Waals surface area contributed by atoms with E-state index in [0.717, 1.165) is 11.1 Å². The molecule has 1 aliphatic carbocycles. The minimum absolute atomic E-state index is 0.115. The molecular weight excluding hydrogens is 283 g/mol. The van der Waals surface area contributed by atoms with Crippen LogP contribution in [0.1, 0.15) is 23.6 Å².